The molecular weight excluding hydrogens is 388 g/mol. The summed E-state index contributed by atoms with van der Waals surface area (Å²) in [7, 11) is 1.72. The van der Waals surface area contributed by atoms with Crippen molar-refractivity contribution in [2.75, 3.05) is 45.3 Å². The van der Waals surface area contributed by atoms with Crippen LogP contribution in [0.25, 0.3) is 6.08 Å². The smallest absolute Gasteiger partial charge is 0.146 e. The Hall–Kier alpha value is -2.83. The van der Waals surface area contributed by atoms with Crippen molar-refractivity contribution < 1.29 is 9.47 Å². The number of nitrogens with zero attached hydrogens (tertiary/aromatic N) is 2. The Kier molecular flexibility index (Phi) is 5.42. The molecular formula is C25H30N4O2. The fraction of sp³-hybridized carbons (Fsp3) is 0.400. The van der Waals surface area contributed by atoms with Gasteiger partial charge in [-0.05, 0) is 43.2 Å². The number of aryl methyl sites for hydroxylation is 2. The van der Waals surface area contributed by atoms with Gasteiger partial charge < -0.3 is 19.8 Å². The molecule has 0 spiro atoms. The summed E-state index contributed by atoms with van der Waals surface area (Å²) in [5, 5.41) is 3.74. The van der Waals surface area contributed by atoms with Crippen LogP contribution in [0.15, 0.2) is 52.9 Å². The number of fused-ring (bicyclic) bond motifs is 1. The molecule has 1 fully saturated rings. The summed E-state index contributed by atoms with van der Waals surface area (Å²) in [5.41, 5.74) is 7.89. The highest BCUT2D eigenvalue weighted by Crippen LogP contribution is 2.39. The summed E-state index contributed by atoms with van der Waals surface area (Å²) >= 11 is 0. The van der Waals surface area contributed by atoms with E-state index in [4.69, 9.17) is 14.5 Å². The van der Waals surface area contributed by atoms with Crippen LogP contribution in [0.3, 0.4) is 0 Å². The van der Waals surface area contributed by atoms with Gasteiger partial charge in [0, 0.05) is 48.7 Å². The predicted molar refractivity (Wildman–Crippen MR) is 125 cm³/mol. The minimum atomic E-state index is 0.114. The van der Waals surface area contributed by atoms with Crippen LogP contribution < -0.4 is 5.32 Å². The third kappa shape index (κ3) is 3.93. The molecule has 0 bridgehead atoms. The molecule has 6 nitrogen and oxygen atoms in total. The zero-order chi connectivity index (χ0) is 21.4. The average molecular weight is 419 g/mol. The topological polar surface area (TPSA) is 61.9 Å². The summed E-state index contributed by atoms with van der Waals surface area (Å²) in [6.45, 7) is 8.74. The SMILES string of the molecule is COC1=CC(C2Nc3ccccc3C2CN2CCOCC2)=N/C1=C\c1[nH]c(C)cc1C. The molecule has 2 atom stereocenters. The Morgan fingerprint density at radius 2 is 2.03 bits per heavy atom. The van der Waals surface area contributed by atoms with E-state index >= 15 is 0 Å². The van der Waals surface area contributed by atoms with Crippen molar-refractivity contribution in [1.82, 2.24) is 9.88 Å². The lowest BCUT2D eigenvalue weighted by Gasteiger charge is -2.31. The highest BCUT2D eigenvalue weighted by Gasteiger charge is 2.37. The van der Waals surface area contributed by atoms with Crippen molar-refractivity contribution in [2.24, 2.45) is 4.99 Å². The van der Waals surface area contributed by atoms with E-state index in [1.54, 1.807) is 7.11 Å². The molecule has 3 aliphatic heterocycles. The number of anilines is 1. The molecule has 31 heavy (non-hydrogen) atoms. The highest BCUT2D eigenvalue weighted by molar-refractivity contribution is 6.07. The monoisotopic (exact) mass is 418 g/mol. The summed E-state index contributed by atoms with van der Waals surface area (Å²) in [5.74, 6) is 1.14. The van der Waals surface area contributed by atoms with Crippen LogP contribution >= 0.6 is 0 Å². The Bertz CT molecular complexity index is 1060. The molecule has 2 aromatic rings. The first-order valence-corrected chi connectivity index (χ1v) is 11.0. The lowest BCUT2D eigenvalue weighted by atomic mass is 9.91. The largest absolute Gasteiger partial charge is 0.494 e. The van der Waals surface area contributed by atoms with Gasteiger partial charge in [0.15, 0.2) is 0 Å². The van der Waals surface area contributed by atoms with Crippen LogP contribution in [0, 0.1) is 13.8 Å². The number of rotatable bonds is 5. The van der Waals surface area contributed by atoms with Gasteiger partial charge in [-0.2, -0.15) is 0 Å². The molecule has 1 aromatic carbocycles. The summed E-state index contributed by atoms with van der Waals surface area (Å²) < 4.78 is 11.3. The first-order valence-electron chi connectivity index (χ1n) is 11.0. The number of para-hydroxylation sites is 1. The predicted octanol–water partition coefficient (Wildman–Crippen LogP) is 3.87. The van der Waals surface area contributed by atoms with Gasteiger partial charge in [0.1, 0.15) is 11.5 Å². The Morgan fingerprint density at radius 1 is 1.23 bits per heavy atom. The van der Waals surface area contributed by atoms with E-state index in [1.807, 2.05) is 0 Å². The number of benzene rings is 1. The van der Waals surface area contributed by atoms with E-state index in [9.17, 15) is 0 Å². The van der Waals surface area contributed by atoms with Crippen LogP contribution in [0.5, 0.6) is 0 Å². The number of hydrogen-bond acceptors (Lipinski definition) is 5. The Morgan fingerprint density at radius 3 is 2.77 bits per heavy atom. The second-order valence-electron chi connectivity index (χ2n) is 8.56. The van der Waals surface area contributed by atoms with E-state index in [-0.39, 0.29) is 6.04 Å². The molecule has 5 rings (SSSR count). The van der Waals surface area contributed by atoms with Gasteiger partial charge >= 0.3 is 0 Å². The van der Waals surface area contributed by atoms with Crippen LogP contribution in [0.4, 0.5) is 5.69 Å². The number of aromatic amines is 1. The Labute approximate surface area is 183 Å². The minimum absolute atomic E-state index is 0.114. The maximum atomic E-state index is 5.70. The number of nitrogens with one attached hydrogen (secondary N) is 2. The number of morpholine rings is 1. The normalized spacial score (nSPS) is 24.7. The highest BCUT2D eigenvalue weighted by atomic mass is 16.5. The number of methoxy groups -OCH3 is 1. The van der Waals surface area contributed by atoms with E-state index in [0.717, 1.165) is 61.4 Å². The first kappa shape index (κ1) is 20.1. The summed E-state index contributed by atoms with van der Waals surface area (Å²) in [6, 6.07) is 10.9. The lowest BCUT2D eigenvalue weighted by molar-refractivity contribution is 0.0352. The molecule has 6 heteroatoms. The van der Waals surface area contributed by atoms with Gasteiger partial charge in [0.05, 0.1) is 32.1 Å². The number of ether oxygens (including phenoxy) is 2. The fourth-order valence-corrected chi connectivity index (χ4v) is 4.84. The van der Waals surface area contributed by atoms with Crippen LogP contribution in [-0.4, -0.2) is 61.6 Å². The fourth-order valence-electron chi connectivity index (χ4n) is 4.84. The van der Waals surface area contributed by atoms with Crippen molar-refractivity contribution in [3.8, 4) is 0 Å². The minimum Gasteiger partial charge on any atom is -0.494 e. The van der Waals surface area contributed by atoms with Crippen molar-refractivity contribution in [3.63, 3.8) is 0 Å². The Balaban J connectivity index is 1.47. The molecule has 3 aliphatic rings. The molecule has 162 valence electrons. The molecule has 0 amide bonds. The van der Waals surface area contributed by atoms with E-state index < -0.39 is 0 Å². The van der Waals surface area contributed by atoms with Crippen LogP contribution in [0.2, 0.25) is 0 Å². The van der Waals surface area contributed by atoms with Crippen molar-refractivity contribution in [2.45, 2.75) is 25.8 Å². The van der Waals surface area contributed by atoms with Crippen LogP contribution in [0.1, 0.15) is 28.4 Å². The van der Waals surface area contributed by atoms with Gasteiger partial charge in [-0.25, -0.2) is 4.99 Å². The zero-order valence-electron chi connectivity index (χ0n) is 18.4. The summed E-state index contributed by atoms with van der Waals surface area (Å²) in [6.07, 6.45) is 4.18. The number of aliphatic imine (C=N–C) groups is 1. The molecule has 1 saturated heterocycles. The maximum Gasteiger partial charge on any atom is 0.146 e. The van der Waals surface area contributed by atoms with Crippen LogP contribution in [-0.2, 0) is 9.47 Å². The van der Waals surface area contributed by atoms with E-state index in [2.05, 4.69) is 71.5 Å². The quantitative estimate of drug-likeness (QED) is 0.774. The second kappa shape index (κ2) is 8.36. The second-order valence-corrected chi connectivity index (χ2v) is 8.56. The molecule has 0 aliphatic carbocycles. The molecule has 0 saturated carbocycles. The molecule has 2 N–H and O–H groups in total. The molecule has 4 heterocycles. The molecule has 1 aromatic heterocycles. The van der Waals surface area contributed by atoms with Gasteiger partial charge in [0.25, 0.3) is 0 Å². The zero-order valence-corrected chi connectivity index (χ0v) is 18.4. The van der Waals surface area contributed by atoms with E-state index in [0.29, 0.717) is 5.92 Å². The third-order valence-electron chi connectivity index (χ3n) is 6.42. The van der Waals surface area contributed by atoms with E-state index in [1.165, 1.54) is 16.8 Å². The maximum absolute atomic E-state index is 5.70. The third-order valence-corrected chi connectivity index (χ3v) is 6.42. The molecule has 2 unspecified atom stereocenters. The van der Waals surface area contributed by atoms with Crippen molar-refractivity contribution in [1.29, 1.82) is 0 Å². The van der Waals surface area contributed by atoms with Crippen molar-refractivity contribution >= 4 is 17.5 Å². The number of H-pyrrole nitrogens is 1. The summed E-state index contributed by atoms with van der Waals surface area (Å²) in [4.78, 5) is 10.9. The van der Waals surface area contributed by atoms with Gasteiger partial charge in [0.2, 0.25) is 0 Å². The molecule has 0 radical (unpaired) electrons. The van der Waals surface area contributed by atoms with Gasteiger partial charge in [-0.15, -0.1) is 0 Å². The number of aromatic nitrogens is 1. The first-order chi connectivity index (χ1) is 15.1. The number of hydrogen-bond donors (Lipinski definition) is 2. The average Bonchev–Trinajstić information content (AvgIpc) is 3.44. The van der Waals surface area contributed by atoms with Gasteiger partial charge in [-0.3, -0.25) is 4.90 Å². The standard InChI is InChI=1S/C25H30N4O2/c1-16-12-17(2)26-21(16)13-22-24(30-3)14-23(27-22)25-19(15-29-8-10-31-11-9-29)18-6-4-5-7-20(18)28-25/h4-7,12-14,19,25-26,28H,8-11,15H2,1-3H3/b22-13-. The van der Waals surface area contributed by atoms with Gasteiger partial charge in [-0.1, -0.05) is 18.2 Å². The van der Waals surface area contributed by atoms with Crippen molar-refractivity contribution in [3.05, 3.63) is 70.4 Å². The lowest BCUT2D eigenvalue weighted by Crippen LogP contribution is -2.42.